The van der Waals surface area contributed by atoms with Crippen LogP contribution in [-0.4, -0.2) is 41.7 Å². The summed E-state index contributed by atoms with van der Waals surface area (Å²) in [4.78, 5) is 13.6. The van der Waals surface area contributed by atoms with Crippen molar-refractivity contribution in [2.45, 2.75) is 25.5 Å². The first kappa shape index (κ1) is 13.1. The predicted octanol–water partition coefficient (Wildman–Crippen LogP) is 0.759. The second-order valence-electron chi connectivity index (χ2n) is 4.66. The van der Waals surface area contributed by atoms with Gasteiger partial charge in [-0.2, -0.15) is 0 Å². The molecule has 1 aromatic carbocycles. The molecule has 1 atom stereocenters. The SMILES string of the molecule is O=C(C(O)CNCc1ccccc1)N1CCCC1. The molecule has 0 bridgehead atoms. The van der Waals surface area contributed by atoms with Crippen LogP contribution in [0.3, 0.4) is 0 Å². The van der Waals surface area contributed by atoms with Crippen LogP contribution in [0, 0.1) is 0 Å². The van der Waals surface area contributed by atoms with Crippen molar-refractivity contribution in [1.82, 2.24) is 10.2 Å². The number of aliphatic hydroxyl groups excluding tert-OH is 1. The molecule has 2 rings (SSSR count). The molecule has 0 radical (unpaired) electrons. The third kappa shape index (κ3) is 3.55. The van der Waals surface area contributed by atoms with Gasteiger partial charge in [0.2, 0.25) is 0 Å². The number of hydrogen-bond donors (Lipinski definition) is 2. The van der Waals surface area contributed by atoms with Crippen molar-refractivity contribution in [2.24, 2.45) is 0 Å². The van der Waals surface area contributed by atoms with Crippen molar-refractivity contribution in [3.63, 3.8) is 0 Å². The monoisotopic (exact) mass is 248 g/mol. The Morgan fingerprint density at radius 2 is 1.94 bits per heavy atom. The molecular formula is C14H20N2O2. The van der Waals surface area contributed by atoms with Gasteiger partial charge in [-0.25, -0.2) is 0 Å². The predicted molar refractivity (Wildman–Crippen MR) is 70.0 cm³/mol. The van der Waals surface area contributed by atoms with Gasteiger partial charge in [0.05, 0.1) is 0 Å². The number of carbonyl (C=O) groups excluding carboxylic acids is 1. The Balaban J connectivity index is 1.71. The van der Waals surface area contributed by atoms with Crippen LogP contribution in [0.1, 0.15) is 18.4 Å². The number of benzene rings is 1. The molecule has 0 aromatic heterocycles. The van der Waals surface area contributed by atoms with E-state index in [-0.39, 0.29) is 5.91 Å². The van der Waals surface area contributed by atoms with E-state index in [1.165, 1.54) is 0 Å². The Labute approximate surface area is 108 Å². The molecule has 2 N–H and O–H groups in total. The van der Waals surface area contributed by atoms with Crippen LogP contribution >= 0.6 is 0 Å². The topological polar surface area (TPSA) is 52.6 Å². The van der Waals surface area contributed by atoms with Crippen LogP contribution in [0.25, 0.3) is 0 Å². The molecule has 4 heteroatoms. The average Bonchev–Trinajstić information content (AvgIpc) is 2.93. The first-order chi connectivity index (χ1) is 8.77. The van der Waals surface area contributed by atoms with Gasteiger partial charge < -0.3 is 15.3 Å². The summed E-state index contributed by atoms with van der Waals surface area (Å²) in [6.07, 6.45) is 1.18. The zero-order valence-corrected chi connectivity index (χ0v) is 10.5. The lowest BCUT2D eigenvalue weighted by molar-refractivity contribution is -0.138. The fourth-order valence-corrected chi connectivity index (χ4v) is 2.18. The number of aliphatic hydroxyl groups is 1. The van der Waals surface area contributed by atoms with Crippen molar-refractivity contribution < 1.29 is 9.90 Å². The normalized spacial score (nSPS) is 16.8. The highest BCUT2D eigenvalue weighted by Crippen LogP contribution is 2.08. The van der Waals surface area contributed by atoms with Crippen molar-refractivity contribution in [2.75, 3.05) is 19.6 Å². The average molecular weight is 248 g/mol. The van der Waals surface area contributed by atoms with Gasteiger partial charge in [0, 0.05) is 26.2 Å². The lowest BCUT2D eigenvalue weighted by atomic mass is 10.2. The summed E-state index contributed by atoms with van der Waals surface area (Å²) in [5.41, 5.74) is 1.15. The Morgan fingerprint density at radius 1 is 1.28 bits per heavy atom. The third-order valence-electron chi connectivity index (χ3n) is 3.21. The summed E-state index contributed by atoms with van der Waals surface area (Å²) < 4.78 is 0. The zero-order valence-electron chi connectivity index (χ0n) is 10.5. The maximum Gasteiger partial charge on any atom is 0.252 e. The van der Waals surface area contributed by atoms with Crippen molar-refractivity contribution in [3.8, 4) is 0 Å². The summed E-state index contributed by atoms with van der Waals surface area (Å²) in [6, 6.07) is 9.95. The molecule has 0 aliphatic carbocycles. The summed E-state index contributed by atoms with van der Waals surface area (Å²) in [6.45, 7) is 2.55. The molecule has 0 saturated carbocycles. The minimum absolute atomic E-state index is 0.145. The molecule has 1 aliphatic heterocycles. The summed E-state index contributed by atoms with van der Waals surface area (Å²) in [5, 5.41) is 12.9. The van der Waals surface area contributed by atoms with E-state index in [1.54, 1.807) is 4.90 Å². The van der Waals surface area contributed by atoms with Crippen LogP contribution in [0.2, 0.25) is 0 Å². The number of amides is 1. The number of hydrogen-bond acceptors (Lipinski definition) is 3. The highest BCUT2D eigenvalue weighted by Gasteiger charge is 2.24. The molecule has 0 spiro atoms. The van der Waals surface area contributed by atoms with E-state index in [1.807, 2.05) is 30.3 Å². The van der Waals surface area contributed by atoms with Gasteiger partial charge in [0.1, 0.15) is 6.10 Å². The molecule has 1 amide bonds. The second-order valence-corrected chi connectivity index (χ2v) is 4.66. The van der Waals surface area contributed by atoms with E-state index < -0.39 is 6.10 Å². The summed E-state index contributed by atoms with van der Waals surface area (Å²) in [5.74, 6) is -0.145. The number of carbonyl (C=O) groups is 1. The van der Waals surface area contributed by atoms with E-state index in [9.17, 15) is 9.90 Å². The van der Waals surface area contributed by atoms with Crippen LogP contribution in [0.4, 0.5) is 0 Å². The maximum atomic E-state index is 11.8. The Hall–Kier alpha value is -1.39. The van der Waals surface area contributed by atoms with Gasteiger partial charge >= 0.3 is 0 Å². The van der Waals surface area contributed by atoms with Gasteiger partial charge in [0.15, 0.2) is 0 Å². The van der Waals surface area contributed by atoms with Gasteiger partial charge in [0.25, 0.3) is 5.91 Å². The van der Waals surface area contributed by atoms with Crippen LogP contribution < -0.4 is 5.32 Å². The summed E-state index contributed by atoms with van der Waals surface area (Å²) in [7, 11) is 0. The molecule has 98 valence electrons. The highest BCUT2D eigenvalue weighted by atomic mass is 16.3. The molecule has 1 heterocycles. The van der Waals surface area contributed by atoms with Crippen molar-refractivity contribution >= 4 is 5.91 Å². The molecule has 4 nitrogen and oxygen atoms in total. The standard InChI is InChI=1S/C14H20N2O2/c17-13(14(18)16-8-4-5-9-16)11-15-10-12-6-2-1-3-7-12/h1-3,6-7,13,15,17H,4-5,8-11H2. The smallest absolute Gasteiger partial charge is 0.252 e. The first-order valence-corrected chi connectivity index (χ1v) is 6.49. The first-order valence-electron chi connectivity index (χ1n) is 6.49. The number of likely N-dealkylation sites (tertiary alicyclic amines) is 1. The van der Waals surface area contributed by atoms with Gasteiger partial charge in [-0.1, -0.05) is 30.3 Å². The molecule has 1 aromatic rings. The van der Waals surface area contributed by atoms with Crippen molar-refractivity contribution in [1.29, 1.82) is 0 Å². The largest absolute Gasteiger partial charge is 0.382 e. The van der Waals surface area contributed by atoms with Crippen molar-refractivity contribution in [3.05, 3.63) is 35.9 Å². The van der Waals surface area contributed by atoms with Crippen LogP contribution in [0.5, 0.6) is 0 Å². The fraction of sp³-hybridized carbons (Fsp3) is 0.500. The minimum Gasteiger partial charge on any atom is -0.382 e. The molecule has 18 heavy (non-hydrogen) atoms. The molecule has 1 saturated heterocycles. The second kappa shape index (κ2) is 6.52. The molecular weight excluding hydrogens is 228 g/mol. The van der Waals surface area contributed by atoms with Crippen LogP contribution in [0.15, 0.2) is 30.3 Å². The third-order valence-corrected chi connectivity index (χ3v) is 3.21. The lowest BCUT2D eigenvalue weighted by Crippen LogP contribution is -2.42. The molecule has 1 fully saturated rings. The lowest BCUT2D eigenvalue weighted by Gasteiger charge is -2.19. The zero-order chi connectivity index (χ0) is 12.8. The summed E-state index contributed by atoms with van der Waals surface area (Å²) >= 11 is 0. The number of nitrogens with zero attached hydrogens (tertiary/aromatic N) is 1. The van der Waals surface area contributed by atoms with E-state index in [0.717, 1.165) is 31.5 Å². The van der Waals surface area contributed by atoms with E-state index >= 15 is 0 Å². The number of nitrogens with one attached hydrogen (secondary N) is 1. The van der Waals surface area contributed by atoms with Crippen LogP contribution in [-0.2, 0) is 11.3 Å². The van der Waals surface area contributed by atoms with Gasteiger partial charge in [-0.3, -0.25) is 4.79 Å². The molecule has 1 aliphatic rings. The number of rotatable bonds is 5. The molecule has 1 unspecified atom stereocenters. The Kier molecular flexibility index (Phi) is 4.73. The Bertz CT molecular complexity index is 375. The fourth-order valence-electron chi connectivity index (χ4n) is 2.18. The quantitative estimate of drug-likeness (QED) is 0.809. The Morgan fingerprint density at radius 3 is 2.61 bits per heavy atom. The van der Waals surface area contributed by atoms with Gasteiger partial charge in [-0.05, 0) is 18.4 Å². The van der Waals surface area contributed by atoms with Gasteiger partial charge in [-0.15, -0.1) is 0 Å². The van der Waals surface area contributed by atoms with E-state index in [4.69, 9.17) is 0 Å². The van der Waals surface area contributed by atoms with E-state index in [0.29, 0.717) is 13.1 Å². The minimum atomic E-state index is -0.924. The highest BCUT2D eigenvalue weighted by molar-refractivity contribution is 5.81. The van der Waals surface area contributed by atoms with E-state index in [2.05, 4.69) is 5.32 Å². The maximum absolute atomic E-state index is 11.8.